The highest BCUT2D eigenvalue weighted by Crippen LogP contribution is 2.22. The highest BCUT2D eigenvalue weighted by Gasteiger charge is 2.25. The molecule has 0 fully saturated rings. The molecule has 16 heavy (non-hydrogen) atoms. The largest absolute Gasteiger partial charge is 0.367 e. The van der Waals surface area contributed by atoms with Crippen LogP contribution in [0.25, 0.3) is 0 Å². The zero-order valence-corrected chi connectivity index (χ0v) is 10.3. The maximum absolute atomic E-state index is 11.6. The summed E-state index contributed by atoms with van der Waals surface area (Å²) in [6, 6.07) is 0.171. The number of hydrogen-bond donors (Lipinski definition) is 3. The van der Waals surface area contributed by atoms with E-state index in [1.54, 1.807) is 11.4 Å². The van der Waals surface area contributed by atoms with E-state index in [4.69, 9.17) is 11.5 Å². The maximum Gasteiger partial charge on any atom is 0.263 e. The Hall–Kier alpha value is -1.41. The Morgan fingerprint density at radius 3 is 2.25 bits per heavy atom. The minimum atomic E-state index is -1.50. The zero-order valence-electron chi connectivity index (χ0n) is 7.90. The van der Waals surface area contributed by atoms with E-state index < -0.39 is 23.8 Å². The molecule has 0 atom stereocenters. The standard InChI is InChI=1S/C8H8BrN3O3S/c9-3-1-2-16-5(3)8(15)12-4(6(10)13)7(11)14/h1-2,4H,(H2,10,13)(H2,11,14)(H,12,15). The molecule has 1 aromatic heterocycles. The van der Waals surface area contributed by atoms with Gasteiger partial charge in [-0.05, 0) is 27.4 Å². The smallest absolute Gasteiger partial charge is 0.263 e. The fraction of sp³-hybridized carbons (Fsp3) is 0.125. The summed E-state index contributed by atoms with van der Waals surface area (Å²) in [5.74, 6) is -2.56. The highest BCUT2D eigenvalue weighted by atomic mass is 79.9. The molecule has 0 saturated carbocycles. The van der Waals surface area contributed by atoms with E-state index in [1.807, 2.05) is 0 Å². The molecule has 6 nitrogen and oxygen atoms in total. The van der Waals surface area contributed by atoms with Gasteiger partial charge in [0, 0.05) is 4.47 Å². The summed E-state index contributed by atoms with van der Waals surface area (Å²) in [5, 5.41) is 3.83. The zero-order chi connectivity index (χ0) is 12.3. The molecule has 0 bridgehead atoms. The van der Waals surface area contributed by atoms with Crippen LogP contribution in [-0.2, 0) is 9.59 Å². The number of nitrogens with one attached hydrogen (secondary N) is 1. The summed E-state index contributed by atoms with van der Waals surface area (Å²) in [5.41, 5.74) is 9.83. The lowest BCUT2D eigenvalue weighted by Gasteiger charge is -2.10. The Labute approximate surface area is 103 Å². The lowest BCUT2D eigenvalue weighted by Crippen LogP contribution is -2.52. The first-order chi connectivity index (χ1) is 7.43. The average molecular weight is 306 g/mol. The number of rotatable bonds is 4. The maximum atomic E-state index is 11.6. The molecule has 0 unspecified atom stereocenters. The van der Waals surface area contributed by atoms with Crippen LogP contribution >= 0.6 is 27.3 Å². The van der Waals surface area contributed by atoms with Crippen LogP contribution in [0.1, 0.15) is 9.67 Å². The highest BCUT2D eigenvalue weighted by molar-refractivity contribution is 9.10. The van der Waals surface area contributed by atoms with Gasteiger partial charge < -0.3 is 16.8 Å². The van der Waals surface area contributed by atoms with Gasteiger partial charge in [0.05, 0.1) is 0 Å². The number of halogens is 1. The van der Waals surface area contributed by atoms with Gasteiger partial charge in [-0.3, -0.25) is 14.4 Å². The summed E-state index contributed by atoms with van der Waals surface area (Å²) in [6.07, 6.45) is 0. The van der Waals surface area contributed by atoms with Crippen LogP contribution in [0.15, 0.2) is 15.9 Å². The van der Waals surface area contributed by atoms with Gasteiger partial charge in [-0.1, -0.05) is 0 Å². The van der Waals surface area contributed by atoms with Crippen molar-refractivity contribution in [3.63, 3.8) is 0 Å². The number of primary amides is 2. The molecular formula is C8H8BrN3O3S. The van der Waals surface area contributed by atoms with Gasteiger partial charge in [0.15, 0.2) is 6.04 Å². The molecule has 0 aromatic carbocycles. The van der Waals surface area contributed by atoms with Crippen LogP contribution in [0.2, 0.25) is 0 Å². The Bertz CT molecular complexity index is 431. The molecule has 3 amide bonds. The number of carbonyl (C=O) groups is 3. The third kappa shape index (κ3) is 2.80. The van der Waals surface area contributed by atoms with Crippen LogP contribution in [0.3, 0.4) is 0 Å². The predicted molar refractivity (Wildman–Crippen MR) is 61.7 cm³/mol. The van der Waals surface area contributed by atoms with Crippen molar-refractivity contribution in [2.24, 2.45) is 11.5 Å². The van der Waals surface area contributed by atoms with E-state index in [-0.39, 0.29) is 0 Å². The molecule has 0 aliphatic rings. The first-order valence-corrected chi connectivity index (χ1v) is 5.73. The molecule has 1 rings (SSSR count). The van der Waals surface area contributed by atoms with Crippen molar-refractivity contribution < 1.29 is 14.4 Å². The minimum absolute atomic E-state index is 0.340. The molecule has 8 heteroatoms. The van der Waals surface area contributed by atoms with Crippen molar-refractivity contribution in [1.82, 2.24) is 5.32 Å². The molecule has 0 spiro atoms. The predicted octanol–water partition coefficient (Wildman–Crippen LogP) is -0.420. The Morgan fingerprint density at radius 2 is 1.88 bits per heavy atom. The van der Waals surface area contributed by atoms with E-state index >= 15 is 0 Å². The van der Waals surface area contributed by atoms with Gasteiger partial charge >= 0.3 is 0 Å². The molecule has 1 aromatic rings. The van der Waals surface area contributed by atoms with Gasteiger partial charge in [-0.2, -0.15) is 0 Å². The van der Waals surface area contributed by atoms with E-state index in [9.17, 15) is 14.4 Å². The quantitative estimate of drug-likeness (QED) is 0.656. The topological polar surface area (TPSA) is 115 Å². The fourth-order valence-electron chi connectivity index (χ4n) is 0.935. The number of nitrogens with two attached hydrogens (primary N) is 2. The third-order valence-corrected chi connectivity index (χ3v) is 3.50. The number of carbonyl (C=O) groups excluding carboxylic acids is 3. The number of amides is 3. The van der Waals surface area contributed by atoms with Crippen molar-refractivity contribution in [2.45, 2.75) is 6.04 Å². The van der Waals surface area contributed by atoms with E-state index in [0.717, 1.165) is 11.3 Å². The van der Waals surface area contributed by atoms with Crippen LogP contribution in [0.4, 0.5) is 0 Å². The average Bonchev–Trinajstić information content (AvgIpc) is 2.59. The summed E-state index contributed by atoms with van der Waals surface area (Å²) in [7, 11) is 0. The summed E-state index contributed by atoms with van der Waals surface area (Å²) >= 11 is 4.31. The first-order valence-electron chi connectivity index (χ1n) is 4.06. The monoisotopic (exact) mass is 305 g/mol. The lowest BCUT2D eigenvalue weighted by molar-refractivity contribution is -0.128. The van der Waals surface area contributed by atoms with Gasteiger partial charge in [-0.15, -0.1) is 11.3 Å². The van der Waals surface area contributed by atoms with Crippen LogP contribution in [0, 0.1) is 0 Å². The van der Waals surface area contributed by atoms with Gasteiger partial charge in [0.2, 0.25) is 11.8 Å². The van der Waals surface area contributed by atoms with E-state index in [2.05, 4.69) is 21.2 Å². The molecule has 1 heterocycles. The van der Waals surface area contributed by atoms with Crippen molar-refractivity contribution in [2.75, 3.05) is 0 Å². The van der Waals surface area contributed by atoms with E-state index in [0.29, 0.717) is 9.35 Å². The van der Waals surface area contributed by atoms with Crippen molar-refractivity contribution in [1.29, 1.82) is 0 Å². The molecule has 0 aliphatic heterocycles. The molecule has 86 valence electrons. The van der Waals surface area contributed by atoms with Crippen molar-refractivity contribution in [3.8, 4) is 0 Å². The molecule has 5 N–H and O–H groups in total. The van der Waals surface area contributed by atoms with Crippen molar-refractivity contribution >= 4 is 45.0 Å². The SMILES string of the molecule is NC(=O)C(NC(=O)c1sccc1Br)C(N)=O. The number of thiophene rings is 1. The van der Waals surface area contributed by atoms with Gasteiger partial charge in [0.1, 0.15) is 4.88 Å². The second-order valence-electron chi connectivity index (χ2n) is 2.81. The van der Waals surface area contributed by atoms with Crippen LogP contribution in [-0.4, -0.2) is 23.8 Å². The van der Waals surface area contributed by atoms with Crippen LogP contribution < -0.4 is 16.8 Å². The second-order valence-corrected chi connectivity index (χ2v) is 4.58. The normalized spacial score (nSPS) is 10.1. The lowest BCUT2D eigenvalue weighted by atomic mass is 10.2. The Morgan fingerprint density at radius 1 is 1.31 bits per heavy atom. The fourth-order valence-corrected chi connectivity index (χ4v) is 2.39. The third-order valence-electron chi connectivity index (χ3n) is 1.67. The molecule has 0 radical (unpaired) electrons. The van der Waals surface area contributed by atoms with Crippen molar-refractivity contribution in [3.05, 3.63) is 20.8 Å². The molecule has 0 saturated heterocycles. The number of hydrogen-bond acceptors (Lipinski definition) is 4. The second kappa shape index (κ2) is 5.08. The molecular weight excluding hydrogens is 298 g/mol. The summed E-state index contributed by atoms with van der Waals surface area (Å²) in [4.78, 5) is 33.6. The van der Waals surface area contributed by atoms with Gasteiger partial charge in [-0.25, -0.2) is 0 Å². The van der Waals surface area contributed by atoms with Gasteiger partial charge in [0.25, 0.3) is 5.91 Å². The summed E-state index contributed by atoms with van der Waals surface area (Å²) < 4.78 is 0.572. The Balaban J connectivity index is 2.81. The summed E-state index contributed by atoms with van der Waals surface area (Å²) in [6.45, 7) is 0. The van der Waals surface area contributed by atoms with E-state index in [1.165, 1.54) is 0 Å². The minimum Gasteiger partial charge on any atom is -0.367 e. The first kappa shape index (κ1) is 12.7. The van der Waals surface area contributed by atoms with Crippen LogP contribution in [0.5, 0.6) is 0 Å². The Kier molecular flexibility index (Phi) is 4.02. The molecule has 0 aliphatic carbocycles.